The van der Waals surface area contributed by atoms with Gasteiger partial charge < -0.3 is 20.2 Å². The third-order valence-electron chi connectivity index (χ3n) is 5.50. The Labute approximate surface area is 199 Å². The van der Waals surface area contributed by atoms with Crippen LogP contribution in [0.5, 0.6) is 5.75 Å². The second kappa shape index (κ2) is 12.5. The number of rotatable bonds is 12. The van der Waals surface area contributed by atoms with Crippen LogP contribution in [0.25, 0.3) is 0 Å². The first-order valence-electron chi connectivity index (χ1n) is 11.3. The van der Waals surface area contributed by atoms with E-state index in [1.165, 1.54) is 49.1 Å². The van der Waals surface area contributed by atoms with Gasteiger partial charge in [0, 0.05) is 13.0 Å². The fourth-order valence-corrected chi connectivity index (χ4v) is 4.75. The summed E-state index contributed by atoms with van der Waals surface area (Å²) in [5.41, 5.74) is 7.05. The number of carbonyl (C=O) groups excluding carboxylic acids is 2. The zero-order valence-electron chi connectivity index (χ0n) is 19.1. The molecule has 0 aliphatic carbocycles. The van der Waals surface area contributed by atoms with Crippen molar-refractivity contribution in [3.63, 3.8) is 0 Å². The lowest BCUT2D eigenvalue weighted by Crippen LogP contribution is -2.45. The number of carbonyl (C=O) groups is 2. The fraction of sp³-hybridized carbons (Fsp3) is 0.440. The highest BCUT2D eigenvalue weighted by molar-refractivity contribution is 8.01. The number of ether oxygens (including phenoxy) is 1. The number of furan rings is 1. The molecule has 7 nitrogen and oxygen atoms in total. The third kappa shape index (κ3) is 7.98. The number of nitrogens with one attached hydrogen (secondary N) is 1. The number of piperidine rings is 1. The highest BCUT2D eigenvalue weighted by Gasteiger charge is 2.34. The lowest BCUT2D eigenvalue weighted by molar-refractivity contribution is -0.115. The van der Waals surface area contributed by atoms with E-state index in [-0.39, 0.29) is 18.2 Å². The van der Waals surface area contributed by atoms with Crippen LogP contribution in [0.2, 0.25) is 0 Å². The highest BCUT2D eigenvalue weighted by Crippen LogP contribution is 2.33. The average molecular weight is 472 g/mol. The van der Waals surface area contributed by atoms with Gasteiger partial charge in [0.25, 0.3) is 5.91 Å². The zero-order valence-corrected chi connectivity index (χ0v) is 19.9. The molecule has 0 bridgehead atoms. The number of amides is 2. The minimum absolute atomic E-state index is 0.0760. The van der Waals surface area contributed by atoms with Gasteiger partial charge in [0.2, 0.25) is 5.91 Å². The molecule has 3 N–H and O–H groups in total. The maximum atomic E-state index is 12.5. The number of thioether (sulfide) groups is 1. The molecule has 2 aromatic rings. The van der Waals surface area contributed by atoms with E-state index in [4.69, 9.17) is 14.9 Å². The van der Waals surface area contributed by atoms with Crippen LogP contribution >= 0.6 is 11.8 Å². The van der Waals surface area contributed by atoms with Crippen molar-refractivity contribution in [1.29, 1.82) is 0 Å². The Morgan fingerprint density at radius 2 is 2.09 bits per heavy atom. The van der Waals surface area contributed by atoms with E-state index >= 15 is 0 Å². The summed E-state index contributed by atoms with van der Waals surface area (Å²) in [5, 5.41) is 2.92. The number of hydrogen-bond donors (Lipinski definition) is 2. The van der Waals surface area contributed by atoms with Crippen molar-refractivity contribution in [3.05, 3.63) is 66.1 Å². The van der Waals surface area contributed by atoms with Crippen LogP contribution < -0.4 is 15.8 Å². The molecule has 3 rings (SSSR count). The molecule has 0 spiro atoms. The summed E-state index contributed by atoms with van der Waals surface area (Å²) in [6, 6.07) is 9.64. The second-order valence-electron chi connectivity index (χ2n) is 8.22. The molecule has 0 saturated carbocycles. The monoisotopic (exact) mass is 471 g/mol. The molecule has 1 fully saturated rings. The van der Waals surface area contributed by atoms with Crippen LogP contribution in [0.3, 0.4) is 0 Å². The summed E-state index contributed by atoms with van der Waals surface area (Å²) in [5.74, 6) is 0.0693. The van der Waals surface area contributed by atoms with Gasteiger partial charge in [-0.1, -0.05) is 30.7 Å². The maximum absolute atomic E-state index is 12.5. The van der Waals surface area contributed by atoms with Crippen LogP contribution in [0.4, 0.5) is 0 Å². The first-order chi connectivity index (χ1) is 16.0. The van der Waals surface area contributed by atoms with Gasteiger partial charge >= 0.3 is 0 Å². The average Bonchev–Trinajstić information content (AvgIpc) is 3.36. The molecule has 0 radical (unpaired) electrons. The Morgan fingerprint density at radius 1 is 1.27 bits per heavy atom. The molecule has 1 aliphatic heterocycles. The first-order valence-corrected chi connectivity index (χ1v) is 12.3. The number of nitrogens with zero attached hydrogens (tertiary/aromatic N) is 1. The molecule has 33 heavy (non-hydrogen) atoms. The smallest absolute Gasteiger partial charge is 0.254 e. The summed E-state index contributed by atoms with van der Waals surface area (Å²) in [7, 11) is 0. The van der Waals surface area contributed by atoms with Crippen molar-refractivity contribution in [2.75, 3.05) is 25.4 Å². The highest BCUT2D eigenvalue weighted by atomic mass is 32.2. The number of allylic oxidation sites excluding steroid dienone is 1. The molecule has 1 saturated heterocycles. The summed E-state index contributed by atoms with van der Waals surface area (Å²) < 4.78 is 11.5. The molecule has 1 unspecified atom stereocenters. The van der Waals surface area contributed by atoms with Gasteiger partial charge in [0.15, 0.2) is 4.93 Å². The SMILES string of the molecule is CC=CCC(CNC(=O)c1ccoc1)(Oc1cccc(CN2CCCCC2)c1)SCC(N)=O. The molecule has 1 aromatic heterocycles. The van der Waals surface area contributed by atoms with Crippen LogP contribution in [0.1, 0.15) is 48.5 Å². The predicted octanol–water partition coefficient (Wildman–Crippen LogP) is 3.96. The van der Waals surface area contributed by atoms with Crippen molar-refractivity contribution in [1.82, 2.24) is 10.2 Å². The molecule has 2 heterocycles. The molecule has 1 aromatic carbocycles. The molecule has 1 aliphatic rings. The predicted molar refractivity (Wildman–Crippen MR) is 131 cm³/mol. The number of likely N-dealkylation sites (tertiary alicyclic amines) is 1. The first kappa shape index (κ1) is 24.9. The summed E-state index contributed by atoms with van der Waals surface area (Å²) >= 11 is 1.30. The minimum Gasteiger partial charge on any atom is -0.474 e. The van der Waals surface area contributed by atoms with Gasteiger partial charge in [0.1, 0.15) is 12.0 Å². The lowest BCUT2D eigenvalue weighted by atomic mass is 10.1. The Balaban J connectivity index is 1.78. The van der Waals surface area contributed by atoms with E-state index in [9.17, 15) is 9.59 Å². The molecular formula is C25H33N3O4S. The maximum Gasteiger partial charge on any atom is 0.254 e. The van der Waals surface area contributed by atoms with Crippen LogP contribution in [0, 0.1) is 0 Å². The summed E-state index contributed by atoms with van der Waals surface area (Å²) in [4.78, 5) is 25.7. The number of primary amides is 1. The zero-order chi connectivity index (χ0) is 23.5. The summed E-state index contributed by atoms with van der Waals surface area (Å²) in [6.45, 7) is 5.23. The quantitative estimate of drug-likeness (QED) is 0.359. The molecule has 8 heteroatoms. The largest absolute Gasteiger partial charge is 0.474 e. The van der Waals surface area contributed by atoms with E-state index in [1.54, 1.807) is 6.07 Å². The third-order valence-corrected chi connectivity index (χ3v) is 6.85. The Bertz CT molecular complexity index is 925. The Hall–Kier alpha value is -2.71. The minimum atomic E-state index is -0.898. The molecular weight excluding hydrogens is 438 g/mol. The summed E-state index contributed by atoms with van der Waals surface area (Å²) in [6.07, 6.45) is 11.0. The van der Waals surface area contributed by atoms with Crippen LogP contribution in [0.15, 0.2) is 59.4 Å². The molecule has 1 atom stereocenters. The number of hydrogen-bond acceptors (Lipinski definition) is 6. The van der Waals surface area contributed by atoms with Crippen molar-refractivity contribution >= 4 is 23.6 Å². The Morgan fingerprint density at radius 3 is 2.79 bits per heavy atom. The van der Waals surface area contributed by atoms with Gasteiger partial charge in [0.05, 0.1) is 24.1 Å². The van der Waals surface area contributed by atoms with Crippen molar-refractivity contribution in [2.45, 2.75) is 44.1 Å². The van der Waals surface area contributed by atoms with Gasteiger partial charge in [-0.25, -0.2) is 0 Å². The van der Waals surface area contributed by atoms with Gasteiger partial charge in [-0.3, -0.25) is 14.5 Å². The molecule has 178 valence electrons. The topological polar surface area (TPSA) is 97.8 Å². The Kier molecular flexibility index (Phi) is 9.45. The second-order valence-corrected chi connectivity index (χ2v) is 9.54. The van der Waals surface area contributed by atoms with E-state index in [2.05, 4.69) is 16.3 Å². The molecule has 2 amide bonds. The lowest BCUT2D eigenvalue weighted by Gasteiger charge is -2.33. The van der Waals surface area contributed by atoms with Crippen LogP contribution in [-0.2, 0) is 11.3 Å². The number of benzene rings is 1. The van der Waals surface area contributed by atoms with Crippen molar-refractivity contribution in [2.24, 2.45) is 5.73 Å². The van der Waals surface area contributed by atoms with Crippen molar-refractivity contribution in [3.8, 4) is 5.75 Å². The van der Waals surface area contributed by atoms with Crippen molar-refractivity contribution < 1.29 is 18.7 Å². The van der Waals surface area contributed by atoms with Crippen LogP contribution in [-0.4, -0.2) is 47.0 Å². The normalized spacial score (nSPS) is 16.4. The number of nitrogens with two attached hydrogens (primary N) is 1. The van der Waals surface area contributed by atoms with Gasteiger partial charge in [-0.05, 0) is 56.6 Å². The van der Waals surface area contributed by atoms with Gasteiger partial charge in [-0.15, -0.1) is 11.8 Å². The van der Waals surface area contributed by atoms with E-state index < -0.39 is 10.8 Å². The van der Waals surface area contributed by atoms with E-state index in [0.717, 1.165) is 19.6 Å². The van der Waals surface area contributed by atoms with E-state index in [0.29, 0.717) is 17.7 Å². The van der Waals surface area contributed by atoms with Gasteiger partial charge in [-0.2, -0.15) is 0 Å². The van der Waals surface area contributed by atoms with E-state index in [1.807, 2.05) is 37.3 Å². The standard InChI is InChI=1S/C25H33N3O4S/c1-2-3-11-25(33-18-23(26)29,19-27-24(30)21-10-14-31-17-21)32-22-9-7-8-20(15-22)16-28-12-5-4-6-13-28/h2-3,7-10,14-15,17H,4-6,11-13,16,18-19H2,1H3,(H2,26,29)(H,27,30). The fourth-order valence-electron chi connectivity index (χ4n) is 3.80.